The van der Waals surface area contributed by atoms with Crippen LogP contribution in [0.25, 0.3) is 10.9 Å². The fraction of sp³-hybridized carbons (Fsp3) is 0.400. The quantitative estimate of drug-likeness (QED) is 0.524. The van der Waals surface area contributed by atoms with Gasteiger partial charge in [-0.3, -0.25) is 4.79 Å². The van der Waals surface area contributed by atoms with Gasteiger partial charge in [0.05, 0.1) is 21.5 Å². The molecule has 0 unspecified atom stereocenters. The van der Waals surface area contributed by atoms with Crippen LogP contribution in [0.5, 0.6) is 0 Å². The summed E-state index contributed by atoms with van der Waals surface area (Å²) in [5, 5.41) is 0.104. The van der Waals surface area contributed by atoms with E-state index in [-0.39, 0.29) is 15.2 Å². The van der Waals surface area contributed by atoms with Gasteiger partial charge in [-0.05, 0) is 68.5 Å². The number of aromatic nitrogens is 1. The van der Waals surface area contributed by atoms with Crippen molar-refractivity contribution in [3.8, 4) is 0 Å². The lowest BCUT2D eigenvalue weighted by Crippen LogP contribution is -2.22. The number of fused-ring (bicyclic) bond motifs is 1. The van der Waals surface area contributed by atoms with Crippen LogP contribution in [0, 0.1) is 19.7 Å². The second kappa shape index (κ2) is 8.70. The monoisotopic (exact) mass is 456 g/mol. The fourth-order valence-electron chi connectivity index (χ4n) is 4.49. The number of pyridine rings is 1. The minimum absolute atomic E-state index is 0.0858. The van der Waals surface area contributed by atoms with E-state index in [0.717, 1.165) is 49.9 Å². The maximum absolute atomic E-state index is 15.1. The Balaban J connectivity index is 1.97. The average Bonchev–Trinajstić information content (AvgIpc) is 3.27. The second-order valence-electron chi connectivity index (χ2n) is 8.71. The molecule has 0 radical (unpaired) electrons. The first-order valence-electron chi connectivity index (χ1n) is 11.2. The molecule has 0 aliphatic carbocycles. The van der Waals surface area contributed by atoms with Gasteiger partial charge in [0.15, 0.2) is 0 Å². The third-order valence-corrected chi connectivity index (χ3v) is 7.84. The van der Waals surface area contributed by atoms with Crippen LogP contribution >= 0.6 is 0 Å². The number of aryl methyl sites for hydroxylation is 3. The highest BCUT2D eigenvalue weighted by molar-refractivity contribution is 7.91. The lowest BCUT2D eigenvalue weighted by molar-refractivity contribution is 0.590. The van der Waals surface area contributed by atoms with Gasteiger partial charge < -0.3 is 9.47 Å². The summed E-state index contributed by atoms with van der Waals surface area (Å²) in [6, 6.07) is 7.95. The molecule has 0 spiro atoms. The lowest BCUT2D eigenvalue weighted by atomic mass is 10.1. The van der Waals surface area contributed by atoms with E-state index in [1.165, 1.54) is 12.3 Å². The predicted molar refractivity (Wildman–Crippen MR) is 126 cm³/mol. The van der Waals surface area contributed by atoms with Gasteiger partial charge in [0.2, 0.25) is 15.3 Å². The Morgan fingerprint density at radius 1 is 1.00 bits per heavy atom. The van der Waals surface area contributed by atoms with Gasteiger partial charge >= 0.3 is 0 Å². The highest BCUT2D eigenvalue weighted by Gasteiger charge is 2.26. The number of hydrogen-bond acceptors (Lipinski definition) is 4. The van der Waals surface area contributed by atoms with Gasteiger partial charge in [0.1, 0.15) is 10.7 Å². The molecule has 1 aromatic heterocycles. The van der Waals surface area contributed by atoms with Crippen LogP contribution in [0.2, 0.25) is 0 Å². The third kappa shape index (κ3) is 4.06. The van der Waals surface area contributed by atoms with Crippen molar-refractivity contribution in [2.75, 3.05) is 18.0 Å². The lowest BCUT2D eigenvalue weighted by Gasteiger charge is -2.21. The zero-order chi connectivity index (χ0) is 23.0. The Morgan fingerprint density at radius 3 is 2.28 bits per heavy atom. The summed E-state index contributed by atoms with van der Waals surface area (Å²) in [6.45, 7) is 7.80. The molecule has 0 saturated carbocycles. The van der Waals surface area contributed by atoms with E-state index in [4.69, 9.17) is 0 Å². The normalized spacial score (nSPS) is 14.4. The Kier molecular flexibility index (Phi) is 6.12. The van der Waals surface area contributed by atoms with Crippen molar-refractivity contribution in [3.63, 3.8) is 0 Å². The molecule has 0 bridgehead atoms. The number of nitrogens with zero attached hydrogens (tertiary/aromatic N) is 2. The van der Waals surface area contributed by atoms with Crippen molar-refractivity contribution in [1.82, 2.24) is 4.57 Å². The number of hydrogen-bond donors (Lipinski definition) is 0. The van der Waals surface area contributed by atoms with Crippen molar-refractivity contribution >= 4 is 26.4 Å². The van der Waals surface area contributed by atoms with Gasteiger partial charge in [0, 0.05) is 25.8 Å². The van der Waals surface area contributed by atoms with Crippen LogP contribution in [0.1, 0.15) is 43.7 Å². The summed E-state index contributed by atoms with van der Waals surface area (Å²) in [5.41, 5.74) is 2.00. The van der Waals surface area contributed by atoms with E-state index < -0.39 is 21.1 Å². The fourth-order valence-corrected chi connectivity index (χ4v) is 6.05. The third-order valence-electron chi connectivity index (χ3n) is 6.11. The molecule has 170 valence electrons. The minimum atomic E-state index is -4.06. The molecule has 32 heavy (non-hydrogen) atoms. The van der Waals surface area contributed by atoms with Crippen molar-refractivity contribution < 1.29 is 12.8 Å². The summed E-state index contributed by atoms with van der Waals surface area (Å²) in [7, 11) is -4.06. The smallest absolute Gasteiger partial charge is 0.211 e. The molecular formula is C25H29FN2O3S. The molecule has 1 aliphatic heterocycles. The zero-order valence-corrected chi connectivity index (χ0v) is 19.6. The Bertz CT molecular complexity index is 1320. The largest absolute Gasteiger partial charge is 0.369 e. The molecule has 3 aromatic rings. The van der Waals surface area contributed by atoms with Gasteiger partial charge in [0.25, 0.3) is 0 Å². The molecule has 0 amide bonds. The molecule has 7 heteroatoms. The van der Waals surface area contributed by atoms with Gasteiger partial charge in [-0.15, -0.1) is 0 Å². The summed E-state index contributed by atoms with van der Waals surface area (Å²) in [4.78, 5) is 15.1. The van der Waals surface area contributed by atoms with E-state index in [1.807, 2.05) is 31.7 Å². The van der Waals surface area contributed by atoms with E-state index in [1.54, 1.807) is 22.8 Å². The molecule has 1 saturated heterocycles. The van der Waals surface area contributed by atoms with E-state index in [9.17, 15) is 13.2 Å². The Labute approximate surface area is 188 Å². The zero-order valence-electron chi connectivity index (χ0n) is 18.8. The number of benzene rings is 2. The first-order valence-corrected chi connectivity index (χ1v) is 12.7. The Morgan fingerprint density at radius 2 is 1.66 bits per heavy atom. The van der Waals surface area contributed by atoms with Gasteiger partial charge in [-0.1, -0.05) is 19.4 Å². The first kappa shape index (κ1) is 22.5. The first-order chi connectivity index (χ1) is 15.2. The predicted octanol–water partition coefficient (Wildman–Crippen LogP) is 4.99. The number of rotatable bonds is 6. The summed E-state index contributed by atoms with van der Waals surface area (Å²) >= 11 is 0. The van der Waals surface area contributed by atoms with Crippen molar-refractivity contribution in [2.45, 2.75) is 62.8 Å². The number of sulfone groups is 1. The molecule has 4 rings (SSSR count). The topological polar surface area (TPSA) is 59.4 Å². The standard InChI is InChI=1S/C25H29FN2O3S/c1-4-5-8-28-16-24(32(30,31)19-12-17(2)11-18(3)13-19)25(29)20-14-21(26)23(15-22(20)28)27-9-6-7-10-27/h11-16H,4-10H2,1-3H3. The summed E-state index contributed by atoms with van der Waals surface area (Å²) < 4.78 is 43.8. The molecule has 5 nitrogen and oxygen atoms in total. The molecular weight excluding hydrogens is 427 g/mol. The van der Waals surface area contributed by atoms with Crippen molar-refractivity contribution in [1.29, 1.82) is 0 Å². The van der Waals surface area contributed by atoms with Gasteiger partial charge in [-0.25, -0.2) is 12.8 Å². The molecule has 1 fully saturated rings. The summed E-state index contributed by atoms with van der Waals surface area (Å²) in [5.74, 6) is -0.487. The second-order valence-corrected chi connectivity index (χ2v) is 10.6. The Hall–Kier alpha value is -2.67. The van der Waals surface area contributed by atoms with Crippen LogP contribution in [0.15, 0.2) is 51.1 Å². The molecule has 0 atom stereocenters. The summed E-state index contributed by atoms with van der Waals surface area (Å²) in [6.07, 6.45) is 5.18. The van der Waals surface area contributed by atoms with E-state index in [2.05, 4.69) is 0 Å². The van der Waals surface area contributed by atoms with E-state index in [0.29, 0.717) is 17.7 Å². The minimum Gasteiger partial charge on any atom is -0.369 e. The molecule has 2 heterocycles. The van der Waals surface area contributed by atoms with Crippen LogP contribution < -0.4 is 10.3 Å². The van der Waals surface area contributed by atoms with Crippen molar-refractivity contribution in [2.24, 2.45) is 0 Å². The van der Waals surface area contributed by atoms with E-state index >= 15 is 4.39 Å². The van der Waals surface area contributed by atoms with Crippen LogP contribution in [0.3, 0.4) is 0 Å². The molecule has 0 N–H and O–H groups in total. The van der Waals surface area contributed by atoms with Crippen LogP contribution in [0.4, 0.5) is 10.1 Å². The van der Waals surface area contributed by atoms with Crippen molar-refractivity contribution in [3.05, 3.63) is 63.7 Å². The van der Waals surface area contributed by atoms with Crippen LogP contribution in [-0.4, -0.2) is 26.1 Å². The molecule has 1 aliphatic rings. The SMILES string of the molecule is CCCCn1cc(S(=O)(=O)c2cc(C)cc(C)c2)c(=O)c2cc(F)c(N3CCCC3)cc21. The number of anilines is 1. The van der Waals surface area contributed by atoms with Crippen LogP contribution in [-0.2, 0) is 16.4 Å². The highest BCUT2D eigenvalue weighted by atomic mass is 32.2. The number of halogens is 1. The average molecular weight is 457 g/mol. The maximum Gasteiger partial charge on any atom is 0.211 e. The molecule has 2 aromatic carbocycles. The maximum atomic E-state index is 15.1. The highest BCUT2D eigenvalue weighted by Crippen LogP contribution is 2.30. The van der Waals surface area contributed by atoms with Gasteiger partial charge in [-0.2, -0.15) is 0 Å². The number of unbranched alkanes of at least 4 members (excludes halogenated alkanes) is 1.